The van der Waals surface area contributed by atoms with Gasteiger partial charge in [-0.2, -0.15) is 0 Å². The zero-order valence-corrected chi connectivity index (χ0v) is 7.04. The first kappa shape index (κ1) is 10.8. The van der Waals surface area contributed by atoms with Crippen molar-refractivity contribution in [2.75, 3.05) is 20.0 Å². The molecule has 0 unspecified atom stereocenters. The fraction of sp³-hybridized carbons (Fsp3) is 1.00. The molecular formula is C7H14O6. The lowest BCUT2D eigenvalue weighted by Crippen LogP contribution is -2.45. The van der Waals surface area contributed by atoms with Crippen LogP contribution in [0.1, 0.15) is 0 Å². The first-order valence-corrected chi connectivity index (χ1v) is 4.01. The molecule has 78 valence electrons. The third kappa shape index (κ3) is 2.37. The summed E-state index contributed by atoms with van der Waals surface area (Å²) in [6, 6.07) is 0. The maximum atomic E-state index is 9.39. The lowest BCUT2D eigenvalue weighted by Gasteiger charge is -2.23. The fourth-order valence-electron chi connectivity index (χ4n) is 1.17. The summed E-state index contributed by atoms with van der Waals surface area (Å²) in [4.78, 5) is 0. The van der Waals surface area contributed by atoms with Crippen LogP contribution < -0.4 is 0 Å². The van der Waals surface area contributed by atoms with Gasteiger partial charge in [0.05, 0.1) is 13.2 Å². The van der Waals surface area contributed by atoms with E-state index in [1.54, 1.807) is 0 Å². The maximum Gasteiger partial charge on any atom is 0.147 e. The fourth-order valence-corrected chi connectivity index (χ4v) is 1.17. The van der Waals surface area contributed by atoms with Crippen LogP contribution in [0, 0.1) is 0 Å². The van der Waals surface area contributed by atoms with E-state index < -0.39 is 37.6 Å². The van der Waals surface area contributed by atoms with Crippen LogP contribution in [0.15, 0.2) is 0 Å². The quantitative estimate of drug-likeness (QED) is 0.386. The Morgan fingerprint density at radius 1 is 0.923 bits per heavy atom. The second-order valence-electron chi connectivity index (χ2n) is 2.87. The van der Waals surface area contributed by atoms with Gasteiger partial charge in [-0.1, -0.05) is 0 Å². The SMILES string of the molecule is OC[C@@H]1OCO[C@@H](CO)[C@@H](O)[C@@H]1O. The summed E-state index contributed by atoms with van der Waals surface area (Å²) in [5.74, 6) is 0. The molecule has 0 bridgehead atoms. The van der Waals surface area contributed by atoms with Gasteiger partial charge in [0.1, 0.15) is 31.2 Å². The third-order valence-electron chi connectivity index (χ3n) is 2.04. The molecule has 1 saturated heterocycles. The molecule has 0 aromatic rings. The molecule has 0 radical (unpaired) electrons. The second-order valence-corrected chi connectivity index (χ2v) is 2.87. The van der Waals surface area contributed by atoms with E-state index in [1.807, 2.05) is 0 Å². The molecule has 4 N–H and O–H groups in total. The van der Waals surface area contributed by atoms with Crippen molar-refractivity contribution in [2.24, 2.45) is 0 Å². The summed E-state index contributed by atoms with van der Waals surface area (Å²) in [7, 11) is 0. The van der Waals surface area contributed by atoms with Crippen molar-refractivity contribution >= 4 is 0 Å². The minimum Gasteiger partial charge on any atom is -0.394 e. The van der Waals surface area contributed by atoms with Gasteiger partial charge in [-0.3, -0.25) is 0 Å². The molecule has 6 nitrogen and oxygen atoms in total. The van der Waals surface area contributed by atoms with E-state index in [2.05, 4.69) is 0 Å². The highest BCUT2D eigenvalue weighted by Crippen LogP contribution is 2.14. The molecule has 0 amide bonds. The largest absolute Gasteiger partial charge is 0.394 e. The minimum absolute atomic E-state index is 0.162. The van der Waals surface area contributed by atoms with Crippen LogP contribution in [0.5, 0.6) is 0 Å². The van der Waals surface area contributed by atoms with Gasteiger partial charge in [0.25, 0.3) is 0 Å². The van der Waals surface area contributed by atoms with Crippen LogP contribution in [0.25, 0.3) is 0 Å². The Labute approximate surface area is 75.3 Å². The Bertz CT molecular complexity index is 136. The average molecular weight is 194 g/mol. The standard InChI is InChI=1S/C7H14O6/c8-1-4-6(10)7(11)5(2-9)13-3-12-4/h4-11H,1-3H2/t4-,5-,6+,7+/m0/s1. The highest BCUT2D eigenvalue weighted by Gasteiger charge is 2.35. The number of rotatable bonds is 2. The van der Waals surface area contributed by atoms with Gasteiger partial charge in [-0.05, 0) is 0 Å². The Morgan fingerprint density at radius 3 is 1.62 bits per heavy atom. The van der Waals surface area contributed by atoms with E-state index in [1.165, 1.54) is 0 Å². The van der Waals surface area contributed by atoms with Crippen molar-refractivity contribution in [1.82, 2.24) is 0 Å². The number of hydrogen-bond donors (Lipinski definition) is 4. The van der Waals surface area contributed by atoms with E-state index in [0.29, 0.717) is 0 Å². The van der Waals surface area contributed by atoms with Crippen LogP contribution in [0.3, 0.4) is 0 Å². The van der Waals surface area contributed by atoms with E-state index in [0.717, 1.165) is 0 Å². The molecule has 0 spiro atoms. The molecule has 1 aliphatic heterocycles. The monoisotopic (exact) mass is 194 g/mol. The summed E-state index contributed by atoms with van der Waals surface area (Å²) in [5, 5.41) is 36.3. The van der Waals surface area contributed by atoms with Crippen molar-refractivity contribution < 1.29 is 29.9 Å². The smallest absolute Gasteiger partial charge is 0.147 e. The number of hydrogen-bond acceptors (Lipinski definition) is 6. The van der Waals surface area contributed by atoms with Crippen LogP contribution >= 0.6 is 0 Å². The van der Waals surface area contributed by atoms with Gasteiger partial charge in [-0.25, -0.2) is 0 Å². The molecule has 0 aromatic heterocycles. The minimum atomic E-state index is -1.25. The molecule has 0 aliphatic carbocycles. The van der Waals surface area contributed by atoms with Crippen molar-refractivity contribution in [3.05, 3.63) is 0 Å². The molecule has 13 heavy (non-hydrogen) atoms. The Balaban J connectivity index is 2.61. The number of aliphatic hydroxyl groups excluding tert-OH is 4. The normalized spacial score (nSPS) is 41.5. The number of ether oxygens (including phenoxy) is 2. The molecule has 1 aliphatic rings. The second kappa shape index (κ2) is 4.85. The first-order valence-electron chi connectivity index (χ1n) is 4.01. The van der Waals surface area contributed by atoms with E-state index in [9.17, 15) is 10.2 Å². The molecule has 6 heteroatoms. The van der Waals surface area contributed by atoms with Gasteiger partial charge in [0.2, 0.25) is 0 Å². The van der Waals surface area contributed by atoms with E-state index in [4.69, 9.17) is 19.7 Å². The lowest BCUT2D eigenvalue weighted by molar-refractivity contribution is -0.123. The molecular weight excluding hydrogens is 180 g/mol. The van der Waals surface area contributed by atoms with Gasteiger partial charge >= 0.3 is 0 Å². The lowest BCUT2D eigenvalue weighted by atomic mass is 10.0. The van der Waals surface area contributed by atoms with Gasteiger partial charge in [-0.15, -0.1) is 0 Å². The summed E-state index contributed by atoms with van der Waals surface area (Å²) >= 11 is 0. The molecule has 1 rings (SSSR count). The van der Waals surface area contributed by atoms with E-state index in [-0.39, 0.29) is 6.79 Å². The predicted molar refractivity (Wildman–Crippen MR) is 40.8 cm³/mol. The summed E-state index contributed by atoms with van der Waals surface area (Å²) in [5.41, 5.74) is 0. The molecule has 0 saturated carbocycles. The van der Waals surface area contributed by atoms with Crippen LogP contribution in [0.4, 0.5) is 0 Å². The van der Waals surface area contributed by atoms with E-state index >= 15 is 0 Å². The van der Waals surface area contributed by atoms with Crippen molar-refractivity contribution in [3.63, 3.8) is 0 Å². The van der Waals surface area contributed by atoms with Gasteiger partial charge in [0.15, 0.2) is 0 Å². The first-order chi connectivity index (χ1) is 6.20. The van der Waals surface area contributed by atoms with Crippen molar-refractivity contribution in [1.29, 1.82) is 0 Å². The molecule has 4 atom stereocenters. The van der Waals surface area contributed by atoms with Crippen LogP contribution in [-0.2, 0) is 9.47 Å². The number of aliphatic hydroxyl groups is 4. The molecule has 1 fully saturated rings. The Kier molecular flexibility index (Phi) is 4.04. The average Bonchev–Trinajstić information content (AvgIpc) is 2.28. The van der Waals surface area contributed by atoms with Crippen LogP contribution in [0.2, 0.25) is 0 Å². The third-order valence-corrected chi connectivity index (χ3v) is 2.04. The summed E-state index contributed by atoms with van der Waals surface area (Å²) in [6.45, 7) is -0.968. The highest BCUT2D eigenvalue weighted by atomic mass is 16.7. The summed E-state index contributed by atoms with van der Waals surface area (Å²) < 4.78 is 9.75. The maximum absolute atomic E-state index is 9.39. The Hall–Kier alpha value is -0.240. The zero-order valence-electron chi connectivity index (χ0n) is 7.04. The highest BCUT2D eigenvalue weighted by molar-refractivity contribution is 4.83. The topological polar surface area (TPSA) is 99.4 Å². The molecule has 0 aromatic carbocycles. The predicted octanol–water partition coefficient (Wildman–Crippen LogP) is -2.57. The van der Waals surface area contributed by atoms with Crippen LogP contribution in [-0.4, -0.2) is 64.8 Å². The van der Waals surface area contributed by atoms with Crippen molar-refractivity contribution in [3.8, 4) is 0 Å². The van der Waals surface area contributed by atoms with Gasteiger partial charge in [0, 0.05) is 0 Å². The van der Waals surface area contributed by atoms with Gasteiger partial charge < -0.3 is 29.9 Å². The Morgan fingerprint density at radius 2 is 1.31 bits per heavy atom. The molecule has 1 heterocycles. The van der Waals surface area contributed by atoms with Crippen molar-refractivity contribution in [2.45, 2.75) is 24.4 Å². The summed E-state index contributed by atoms with van der Waals surface area (Å²) in [6.07, 6.45) is -4.23. The zero-order chi connectivity index (χ0) is 9.84.